The van der Waals surface area contributed by atoms with Gasteiger partial charge in [0.1, 0.15) is 0 Å². The number of nitrogens with zero attached hydrogens (tertiary/aromatic N) is 1. The van der Waals surface area contributed by atoms with E-state index >= 15 is 0 Å². The third-order valence-corrected chi connectivity index (χ3v) is 2.89. The molecule has 0 aliphatic carbocycles. The van der Waals surface area contributed by atoms with Crippen LogP contribution in [0.25, 0.3) is 0 Å². The van der Waals surface area contributed by atoms with Crippen LogP contribution >= 0.6 is 23.2 Å². The van der Waals surface area contributed by atoms with Crippen LogP contribution in [0.5, 0.6) is 0 Å². The van der Waals surface area contributed by atoms with Gasteiger partial charge in [0, 0.05) is 0 Å². The van der Waals surface area contributed by atoms with Crippen LogP contribution in [0.15, 0.2) is 18.2 Å². The molecular weight excluding hydrogens is 237 g/mol. The molecule has 0 saturated carbocycles. The van der Waals surface area contributed by atoms with Crippen molar-refractivity contribution in [2.75, 3.05) is 0 Å². The Morgan fingerprint density at radius 1 is 1.47 bits per heavy atom. The normalized spacial score (nSPS) is 14.0. The van der Waals surface area contributed by atoms with E-state index in [1.807, 2.05) is 0 Å². The van der Waals surface area contributed by atoms with Crippen LogP contribution in [0.2, 0.25) is 10.0 Å². The van der Waals surface area contributed by atoms with Gasteiger partial charge in [-0.05, 0) is 24.6 Å². The summed E-state index contributed by atoms with van der Waals surface area (Å²) in [5, 5.41) is 18.4. The van der Waals surface area contributed by atoms with Gasteiger partial charge >= 0.3 is 5.97 Å². The number of carboxylic acid groups (broad SMARTS) is 1. The van der Waals surface area contributed by atoms with E-state index in [-0.39, 0.29) is 5.02 Å². The second kappa shape index (κ2) is 4.09. The molecule has 1 unspecified atom stereocenters. The minimum Gasteiger partial charge on any atom is -0.480 e. The highest BCUT2D eigenvalue weighted by atomic mass is 35.5. The number of hydrogen-bond acceptors (Lipinski definition) is 2. The standard InChI is InChI=1S/C10H7Cl2NO2/c1-10(5-13,9(14)15)6-2-3-7(11)8(12)4-6/h2-4H,1H3,(H,14,15). The van der Waals surface area contributed by atoms with Gasteiger partial charge in [-0.1, -0.05) is 29.3 Å². The monoisotopic (exact) mass is 243 g/mol. The van der Waals surface area contributed by atoms with Crippen molar-refractivity contribution in [2.24, 2.45) is 0 Å². The summed E-state index contributed by atoms with van der Waals surface area (Å²) in [6.07, 6.45) is 0. The molecule has 1 atom stereocenters. The zero-order valence-corrected chi connectivity index (χ0v) is 9.30. The largest absolute Gasteiger partial charge is 0.480 e. The lowest BCUT2D eigenvalue weighted by Crippen LogP contribution is -2.30. The highest BCUT2D eigenvalue weighted by molar-refractivity contribution is 6.42. The molecule has 0 heterocycles. The van der Waals surface area contributed by atoms with Crippen molar-refractivity contribution in [2.45, 2.75) is 12.3 Å². The van der Waals surface area contributed by atoms with Crippen molar-refractivity contribution >= 4 is 29.2 Å². The Bertz CT molecular complexity index is 453. The maximum Gasteiger partial charge on any atom is 0.328 e. The van der Waals surface area contributed by atoms with Gasteiger partial charge in [0.05, 0.1) is 16.1 Å². The average Bonchev–Trinajstić information content (AvgIpc) is 2.20. The van der Waals surface area contributed by atoms with Crippen molar-refractivity contribution in [1.29, 1.82) is 5.26 Å². The Morgan fingerprint density at radius 3 is 2.47 bits per heavy atom. The van der Waals surface area contributed by atoms with Crippen molar-refractivity contribution in [1.82, 2.24) is 0 Å². The number of rotatable bonds is 2. The lowest BCUT2D eigenvalue weighted by atomic mass is 9.84. The summed E-state index contributed by atoms with van der Waals surface area (Å²) in [7, 11) is 0. The van der Waals surface area contributed by atoms with Crippen molar-refractivity contribution < 1.29 is 9.90 Å². The molecule has 0 spiro atoms. The second-order valence-corrected chi connectivity index (χ2v) is 3.99. The molecule has 0 bridgehead atoms. The first-order valence-electron chi connectivity index (χ1n) is 4.02. The van der Waals surface area contributed by atoms with Gasteiger partial charge in [0.15, 0.2) is 5.41 Å². The summed E-state index contributed by atoms with van der Waals surface area (Å²) in [5.74, 6) is -1.22. The average molecular weight is 244 g/mol. The Labute approximate surface area is 96.8 Å². The fraction of sp³-hybridized carbons (Fsp3) is 0.200. The Hall–Kier alpha value is -1.24. The third-order valence-electron chi connectivity index (χ3n) is 2.15. The zero-order chi connectivity index (χ0) is 11.6. The number of benzene rings is 1. The minimum absolute atomic E-state index is 0.233. The van der Waals surface area contributed by atoms with Crippen LogP contribution in [0.1, 0.15) is 12.5 Å². The highest BCUT2D eigenvalue weighted by Crippen LogP contribution is 2.29. The fourth-order valence-electron chi connectivity index (χ4n) is 1.04. The summed E-state index contributed by atoms with van der Waals surface area (Å²) >= 11 is 11.4. The molecule has 1 aromatic rings. The predicted molar refractivity (Wildman–Crippen MR) is 57.1 cm³/mol. The van der Waals surface area contributed by atoms with Crippen LogP contribution < -0.4 is 0 Å². The van der Waals surface area contributed by atoms with E-state index < -0.39 is 11.4 Å². The van der Waals surface area contributed by atoms with Crippen molar-refractivity contribution in [3.05, 3.63) is 33.8 Å². The molecule has 1 rings (SSSR count). The van der Waals surface area contributed by atoms with Gasteiger partial charge in [-0.25, -0.2) is 0 Å². The molecule has 0 aliphatic heterocycles. The fourth-order valence-corrected chi connectivity index (χ4v) is 1.34. The Balaban J connectivity index is 3.33. The van der Waals surface area contributed by atoms with E-state index in [4.69, 9.17) is 33.6 Å². The SMILES string of the molecule is CC(C#N)(C(=O)O)c1ccc(Cl)c(Cl)c1. The smallest absolute Gasteiger partial charge is 0.328 e. The van der Waals surface area contributed by atoms with Crippen LogP contribution in [0.3, 0.4) is 0 Å². The molecule has 3 nitrogen and oxygen atoms in total. The lowest BCUT2D eigenvalue weighted by Gasteiger charge is -2.16. The summed E-state index contributed by atoms with van der Waals surface area (Å²) in [6.45, 7) is 1.31. The molecule has 15 heavy (non-hydrogen) atoms. The summed E-state index contributed by atoms with van der Waals surface area (Å²) < 4.78 is 0. The molecule has 1 aromatic carbocycles. The molecule has 78 valence electrons. The molecule has 5 heteroatoms. The van der Waals surface area contributed by atoms with E-state index in [0.29, 0.717) is 10.6 Å². The minimum atomic E-state index is -1.60. The maximum atomic E-state index is 11.0. The van der Waals surface area contributed by atoms with Gasteiger partial charge in [0.2, 0.25) is 0 Å². The van der Waals surface area contributed by atoms with Gasteiger partial charge < -0.3 is 5.11 Å². The molecule has 0 aliphatic rings. The van der Waals surface area contributed by atoms with Crippen LogP contribution in [0.4, 0.5) is 0 Å². The molecule has 0 aromatic heterocycles. The van der Waals surface area contributed by atoms with Gasteiger partial charge in [-0.3, -0.25) is 4.79 Å². The van der Waals surface area contributed by atoms with Crippen LogP contribution in [0, 0.1) is 11.3 Å². The second-order valence-electron chi connectivity index (χ2n) is 3.17. The number of nitriles is 1. The third kappa shape index (κ3) is 2.06. The summed E-state index contributed by atoms with van der Waals surface area (Å²) in [5.41, 5.74) is -1.29. The number of aliphatic carboxylic acids is 1. The highest BCUT2D eigenvalue weighted by Gasteiger charge is 2.35. The Morgan fingerprint density at radius 2 is 2.07 bits per heavy atom. The molecular formula is C10H7Cl2NO2. The number of halogens is 2. The predicted octanol–water partition coefficient (Wildman–Crippen LogP) is 2.86. The number of hydrogen-bond donors (Lipinski definition) is 1. The molecule has 0 amide bonds. The summed E-state index contributed by atoms with van der Waals surface area (Å²) in [4.78, 5) is 11.0. The maximum absolute atomic E-state index is 11.0. The van der Waals surface area contributed by atoms with Crippen LogP contribution in [-0.4, -0.2) is 11.1 Å². The van der Waals surface area contributed by atoms with E-state index in [1.165, 1.54) is 25.1 Å². The lowest BCUT2D eigenvalue weighted by molar-refractivity contribution is -0.140. The summed E-state index contributed by atoms with van der Waals surface area (Å²) in [6, 6.07) is 6.08. The molecule has 0 fully saturated rings. The van der Waals surface area contributed by atoms with Gasteiger partial charge in [0.25, 0.3) is 0 Å². The van der Waals surface area contributed by atoms with Crippen LogP contribution in [-0.2, 0) is 10.2 Å². The molecule has 1 N–H and O–H groups in total. The zero-order valence-electron chi connectivity index (χ0n) is 7.79. The van der Waals surface area contributed by atoms with E-state index in [9.17, 15) is 4.79 Å². The van der Waals surface area contributed by atoms with E-state index in [1.54, 1.807) is 6.07 Å². The number of carboxylic acids is 1. The van der Waals surface area contributed by atoms with Crippen molar-refractivity contribution in [3.8, 4) is 6.07 Å². The first-order chi connectivity index (χ1) is 6.91. The first-order valence-corrected chi connectivity index (χ1v) is 4.77. The quantitative estimate of drug-likeness (QED) is 0.869. The topological polar surface area (TPSA) is 61.1 Å². The molecule has 0 radical (unpaired) electrons. The van der Waals surface area contributed by atoms with Crippen molar-refractivity contribution in [3.63, 3.8) is 0 Å². The Kier molecular flexibility index (Phi) is 3.23. The van der Waals surface area contributed by atoms with E-state index in [2.05, 4.69) is 0 Å². The van der Waals surface area contributed by atoms with Gasteiger partial charge in [-0.15, -0.1) is 0 Å². The first kappa shape index (κ1) is 11.8. The number of carbonyl (C=O) groups is 1. The molecule has 0 saturated heterocycles. The van der Waals surface area contributed by atoms with E-state index in [0.717, 1.165) is 0 Å². The van der Waals surface area contributed by atoms with Gasteiger partial charge in [-0.2, -0.15) is 5.26 Å².